The summed E-state index contributed by atoms with van der Waals surface area (Å²) in [6, 6.07) is 4.13. The molecule has 2 heterocycles. The molecule has 20 heavy (non-hydrogen) atoms. The number of hydrogen-bond acceptors (Lipinski definition) is 3. The summed E-state index contributed by atoms with van der Waals surface area (Å²) >= 11 is 0. The van der Waals surface area contributed by atoms with Crippen LogP contribution in [0.3, 0.4) is 0 Å². The number of aryl methyl sites for hydroxylation is 2. The van der Waals surface area contributed by atoms with Crippen LogP contribution in [0.25, 0.3) is 0 Å². The van der Waals surface area contributed by atoms with Gasteiger partial charge in [0, 0.05) is 25.4 Å². The molecule has 2 aromatic heterocycles. The molecular formula is C16H25N3O. The van der Waals surface area contributed by atoms with Crippen molar-refractivity contribution in [2.45, 2.75) is 39.7 Å². The lowest BCUT2D eigenvalue weighted by atomic mass is 10.0. The van der Waals surface area contributed by atoms with E-state index < -0.39 is 0 Å². The Labute approximate surface area is 121 Å². The highest BCUT2D eigenvalue weighted by Crippen LogP contribution is 2.21. The quantitative estimate of drug-likeness (QED) is 0.777. The van der Waals surface area contributed by atoms with Crippen LogP contribution in [-0.2, 0) is 13.6 Å². The van der Waals surface area contributed by atoms with Gasteiger partial charge in [0.15, 0.2) is 0 Å². The molecule has 0 bridgehead atoms. The molecule has 0 saturated carbocycles. The normalized spacial score (nSPS) is 13.1. The molecule has 0 aliphatic rings. The third kappa shape index (κ3) is 3.73. The van der Waals surface area contributed by atoms with Crippen LogP contribution in [0.5, 0.6) is 0 Å². The molecule has 4 nitrogen and oxygen atoms in total. The van der Waals surface area contributed by atoms with Gasteiger partial charge < -0.3 is 8.98 Å². The highest BCUT2D eigenvalue weighted by Gasteiger charge is 2.13. The van der Waals surface area contributed by atoms with Crippen molar-refractivity contribution >= 4 is 0 Å². The van der Waals surface area contributed by atoms with Crippen LogP contribution in [-0.4, -0.2) is 27.5 Å². The summed E-state index contributed by atoms with van der Waals surface area (Å²) in [6.45, 7) is 9.43. The van der Waals surface area contributed by atoms with Crippen LogP contribution < -0.4 is 0 Å². The summed E-state index contributed by atoms with van der Waals surface area (Å²) in [5, 5.41) is 0. The highest BCUT2D eigenvalue weighted by atomic mass is 16.3. The minimum atomic E-state index is 0.458. The second kappa shape index (κ2) is 6.75. The fourth-order valence-corrected chi connectivity index (χ4v) is 2.33. The van der Waals surface area contributed by atoms with E-state index >= 15 is 0 Å². The lowest BCUT2D eigenvalue weighted by Crippen LogP contribution is -2.26. The summed E-state index contributed by atoms with van der Waals surface area (Å²) in [5.41, 5.74) is 0. The number of hydrogen-bond donors (Lipinski definition) is 0. The van der Waals surface area contributed by atoms with Crippen LogP contribution in [0.1, 0.15) is 43.5 Å². The fourth-order valence-electron chi connectivity index (χ4n) is 2.33. The van der Waals surface area contributed by atoms with E-state index in [1.807, 2.05) is 32.4 Å². The first-order valence-electron chi connectivity index (χ1n) is 7.35. The summed E-state index contributed by atoms with van der Waals surface area (Å²) in [5.74, 6) is 3.66. The Morgan fingerprint density at radius 1 is 1.40 bits per heavy atom. The van der Waals surface area contributed by atoms with Gasteiger partial charge in [0.05, 0.1) is 6.54 Å². The number of furan rings is 1. The van der Waals surface area contributed by atoms with Crippen molar-refractivity contribution in [3.05, 3.63) is 41.9 Å². The Morgan fingerprint density at radius 3 is 2.75 bits per heavy atom. The van der Waals surface area contributed by atoms with Crippen molar-refractivity contribution in [2.75, 3.05) is 13.1 Å². The molecule has 4 heteroatoms. The lowest BCUT2D eigenvalue weighted by molar-refractivity contribution is 0.256. The molecule has 0 radical (unpaired) electrons. The summed E-state index contributed by atoms with van der Waals surface area (Å²) in [7, 11) is 2.05. The Morgan fingerprint density at radius 2 is 2.20 bits per heavy atom. The third-order valence-corrected chi connectivity index (χ3v) is 3.86. The molecule has 2 rings (SSSR count). The molecule has 0 saturated heterocycles. The second-order valence-corrected chi connectivity index (χ2v) is 5.46. The number of nitrogens with zero attached hydrogens (tertiary/aromatic N) is 3. The number of rotatable bonds is 7. The van der Waals surface area contributed by atoms with E-state index in [1.54, 1.807) is 0 Å². The van der Waals surface area contributed by atoms with Gasteiger partial charge in [0.25, 0.3) is 0 Å². The molecule has 1 atom stereocenters. The second-order valence-electron chi connectivity index (χ2n) is 5.46. The van der Waals surface area contributed by atoms with Crippen LogP contribution in [0.2, 0.25) is 0 Å². The van der Waals surface area contributed by atoms with E-state index in [2.05, 4.69) is 34.4 Å². The zero-order valence-electron chi connectivity index (χ0n) is 13.0. The first kappa shape index (κ1) is 14.9. The molecular weight excluding hydrogens is 250 g/mol. The Hall–Kier alpha value is -1.55. The zero-order chi connectivity index (χ0) is 14.5. The van der Waals surface area contributed by atoms with Crippen LogP contribution in [0, 0.1) is 6.92 Å². The molecule has 2 aromatic rings. The van der Waals surface area contributed by atoms with E-state index in [0.29, 0.717) is 5.92 Å². The Bertz CT molecular complexity index is 529. The third-order valence-electron chi connectivity index (χ3n) is 3.86. The SMILES string of the molecule is CCN(CCC(C)c1ccc(C)o1)Cc1nccn1C. The first-order chi connectivity index (χ1) is 9.60. The maximum absolute atomic E-state index is 5.70. The van der Waals surface area contributed by atoms with E-state index in [4.69, 9.17) is 4.42 Å². The van der Waals surface area contributed by atoms with E-state index in [9.17, 15) is 0 Å². The molecule has 0 N–H and O–H groups in total. The molecule has 0 aromatic carbocycles. The standard InChI is InChI=1S/C16H25N3O/c1-5-19(12-16-17-9-11-18(16)4)10-8-13(2)15-7-6-14(3)20-15/h6-7,9,11,13H,5,8,10,12H2,1-4H3. The Balaban J connectivity index is 1.86. The predicted molar refractivity (Wildman–Crippen MR) is 80.6 cm³/mol. The molecule has 0 aliphatic heterocycles. The van der Waals surface area contributed by atoms with E-state index in [0.717, 1.165) is 43.4 Å². The predicted octanol–water partition coefficient (Wildman–Crippen LogP) is 3.34. The van der Waals surface area contributed by atoms with Gasteiger partial charge in [-0.1, -0.05) is 13.8 Å². The van der Waals surface area contributed by atoms with Gasteiger partial charge >= 0.3 is 0 Å². The number of aromatic nitrogens is 2. The van der Waals surface area contributed by atoms with Crippen LogP contribution in [0.4, 0.5) is 0 Å². The highest BCUT2D eigenvalue weighted by molar-refractivity contribution is 5.09. The molecule has 0 amide bonds. The zero-order valence-corrected chi connectivity index (χ0v) is 13.0. The van der Waals surface area contributed by atoms with Gasteiger partial charge in [0.1, 0.15) is 17.3 Å². The van der Waals surface area contributed by atoms with Crippen molar-refractivity contribution in [3.8, 4) is 0 Å². The van der Waals surface area contributed by atoms with Gasteiger partial charge in [-0.3, -0.25) is 4.90 Å². The largest absolute Gasteiger partial charge is 0.466 e. The molecule has 110 valence electrons. The minimum Gasteiger partial charge on any atom is -0.466 e. The monoisotopic (exact) mass is 275 g/mol. The minimum absolute atomic E-state index is 0.458. The van der Waals surface area contributed by atoms with Gasteiger partial charge in [-0.25, -0.2) is 4.98 Å². The molecule has 0 spiro atoms. The maximum Gasteiger partial charge on any atom is 0.122 e. The summed E-state index contributed by atoms with van der Waals surface area (Å²) in [4.78, 5) is 6.82. The number of imidazole rings is 1. The van der Waals surface area contributed by atoms with E-state index in [1.165, 1.54) is 0 Å². The summed E-state index contributed by atoms with van der Waals surface area (Å²) < 4.78 is 7.79. The van der Waals surface area contributed by atoms with Gasteiger partial charge in [0.2, 0.25) is 0 Å². The van der Waals surface area contributed by atoms with E-state index in [-0.39, 0.29) is 0 Å². The average molecular weight is 275 g/mol. The molecule has 0 aliphatic carbocycles. The smallest absolute Gasteiger partial charge is 0.122 e. The Kier molecular flexibility index (Phi) is 5.01. The average Bonchev–Trinajstić information content (AvgIpc) is 3.03. The summed E-state index contributed by atoms with van der Waals surface area (Å²) in [6.07, 6.45) is 4.96. The van der Waals surface area contributed by atoms with Crippen LogP contribution in [0.15, 0.2) is 28.9 Å². The molecule has 1 unspecified atom stereocenters. The van der Waals surface area contributed by atoms with Gasteiger partial charge in [-0.05, 0) is 38.6 Å². The first-order valence-corrected chi connectivity index (χ1v) is 7.35. The van der Waals surface area contributed by atoms with Gasteiger partial charge in [-0.15, -0.1) is 0 Å². The van der Waals surface area contributed by atoms with Crippen molar-refractivity contribution in [1.29, 1.82) is 0 Å². The van der Waals surface area contributed by atoms with Gasteiger partial charge in [-0.2, -0.15) is 0 Å². The van der Waals surface area contributed by atoms with Crippen LogP contribution >= 0.6 is 0 Å². The molecule has 0 fully saturated rings. The van der Waals surface area contributed by atoms with Crippen molar-refractivity contribution < 1.29 is 4.42 Å². The van der Waals surface area contributed by atoms with Crippen molar-refractivity contribution in [2.24, 2.45) is 7.05 Å². The topological polar surface area (TPSA) is 34.2 Å². The van der Waals surface area contributed by atoms with Crippen molar-refractivity contribution in [3.63, 3.8) is 0 Å². The fraction of sp³-hybridized carbons (Fsp3) is 0.562. The lowest BCUT2D eigenvalue weighted by Gasteiger charge is -2.21. The van der Waals surface area contributed by atoms with Crippen molar-refractivity contribution in [1.82, 2.24) is 14.5 Å². The maximum atomic E-state index is 5.70.